The van der Waals surface area contributed by atoms with Gasteiger partial charge in [-0.15, -0.1) is 0 Å². The minimum Gasteiger partial charge on any atom is -0.294 e. The summed E-state index contributed by atoms with van der Waals surface area (Å²) >= 11 is 0. The molecule has 0 spiro atoms. The van der Waals surface area contributed by atoms with Crippen LogP contribution < -0.4 is 0 Å². The number of nitrogens with zero attached hydrogens (tertiary/aromatic N) is 7. The van der Waals surface area contributed by atoms with Gasteiger partial charge in [-0.2, -0.15) is 0 Å². The number of para-hydroxylation sites is 4. The van der Waals surface area contributed by atoms with Gasteiger partial charge in [-0.3, -0.25) is 19.1 Å². The van der Waals surface area contributed by atoms with Crippen LogP contribution in [0.15, 0.2) is 164 Å². The molecule has 234 valence electrons. The molecular formula is C43H27N7. The second-order valence-electron chi connectivity index (χ2n) is 12.2. The van der Waals surface area contributed by atoms with Crippen LogP contribution in [0.2, 0.25) is 0 Å². The van der Waals surface area contributed by atoms with Crippen molar-refractivity contribution in [2.24, 2.45) is 0 Å². The van der Waals surface area contributed by atoms with Crippen molar-refractivity contribution in [2.45, 2.75) is 0 Å². The van der Waals surface area contributed by atoms with Crippen LogP contribution in [-0.4, -0.2) is 34.1 Å². The van der Waals surface area contributed by atoms with Crippen LogP contribution in [-0.2, 0) is 0 Å². The second-order valence-corrected chi connectivity index (χ2v) is 12.2. The van der Waals surface area contributed by atoms with Crippen molar-refractivity contribution in [3.63, 3.8) is 0 Å². The summed E-state index contributed by atoms with van der Waals surface area (Å²) in [7, 11) is 0. The number of benzene rings is 4. The largest absolute Gasteiger partial charge is 0.294 e. The lowest BCUT2D eigenvalue weighted by atomic mass is 10.1. The van der Waals surface area contributed by atoms with E-state index in [1.807, 2.05) is 48.5 Å². The molecule has 0 aliphatic carbocycles. The Kier molecular flexibility index (Phi) is 6.35. The Hall–Kier alpha value is -6.99. The van der Waals surface area contributed by atoms with E-state index in [0.29, 0.717) is 0 Å². The van der Waals surface area contributed by atoms with Crippen LogP contribution in [0.25, 0.3) is 89.3 Å². The number of aromatic nitrogens is 7. The van der Waals surface area contributed by atoms with E-state index in [4.69, 9.17) is 15.0 Å². The average molecular weight is 642 g/mol. The molecule has 4 aromatic carbocycles. The molecule has 0 radical (unpaired) electrons. The van der Waals surface area contributed by atoms with Crippen molar-refractivity contribution in [3.8, 4) is 45.7 Å². The smallest absolute Gasteiger partial charge is 0.138 e. The Bertz CT molecular complexity index is 2610. The summed E-state index contributed by atoms with van der Waals surface area (Å²) in [6.45, 7) is 0. The van der Waals surface area contributed by atoms with Crippen molar-refractivity contribution < 1.29 is 0 Å². The molecule has 0 saturated heterocycles. The maximum absolute atomic E-state index is 5.22. The first-order valence-electron chi connectivity index (χ1n) is 16.5. The quantitative estimate of drug-likeness (QED) is 0.187. The number of pyridine rings is 3. The predicted molar refractivity (Wildman–Crippen MR) is 200 cm³/mol. The fourth-order valence-corrected chi connectivity index (χ4v) is 7.11. The van der Waals surface area contributed by atoms with Gasteiger partial charge in [-0.1, -0.05) is 84.9 Å². The first-order valence-corrected chi connectivity index (χ1v) is 16.5. The molecule has 0 saturated carbocycles. The predicted octanol–water partition coefficient (Wildman–Crippen LogP) is 9.86. The number of fused-ring (bicyclic) bond motifs is 6. The molecule has 0 amide bonds. The second kappa shape index (κ2) is 11.3. The van der Waals surface area contributed by atoms with Gasteiger partial charge in [-0.05, 0) is 60.7 Å². The zero-order chi connectivity index (χ0) is 33.0. The summed E-state index contributed by atoms with van der Waals surface area (Å²) in [5.74, 6) is 1.64. The van der Waals surface area contributed by atoms with Crippen molar-refractivity contribution >= 4 is 43.6 Å². The van der Waals surface area contributed by atoms with E-state index in [1.165, 1.54) is 21.5 Å². The number of hydrogen-bond acceptors (Lipinski definition) is 5. The lowest BCUT2D eigenvalue weighted by Gasteiger charge is -2.12. The van der Waals surface area contributed by atoms with Crippen molar-refractivity contribution in [1.29, 1.82) is 0 Å². The molecule has 0 N–H and O–H groups in total. The minimum atomic E-state index is 0.717. The van der Waals surface area contributed by atoms with Crippen LogP contribution in [0.4, 0.5) is 0 Å². The molecule has 6 heterocycles. The monoisotopic (exact) mass is 641 g/mol. The molecule has 10 aromatic rings. The van der Waals surface area contributed by atoms with Gasteiger partial charge in [0.25, 0.3) is 0 Å². The zero-order valence-corrected chi connectivity index (χ0v) is 26.7. The first kappa shape index (κ1) is 28.1. The highest BCUT2D eigenvalue weighted by Gasteiger charge is 2.17. The van der Waals surface area contributed by atoms with E-state index in [9.17, 15) is 0 Å². The number of rotatable bonds is 5. The zero-order valence-electron chi connectivity index (χ0n) is 26.7. The van der Waals surface area contributed by atoms with E-state index >= 15 is 0 Å². The van der Waals surface area contributed by atoms with Crippen molar-refractivity contribution in [3.05, 3.63) is 164 Å². The Morgan fingerprint density at radius 1 is 0.360 bits per heavy atom. The summed E-state index contributed by atoms with van der Waals surface area (Å²) in [6, 6.07) is 50.1. The van der Waals surface area contributed by atoms with E-state index in [2.05, 4.69) is 116 Å². The molecule has 0 aliphatic rings. The van der Waals surface area contributed by atoms with Gasteiger partial charge in [-0.25, -0.2) is 15.0 Å². The standard InChI is InChI=1S/C43H27N7/c1-5-17-38-29(11-1)30-12-2-6-18-39(30)49(38)42-21-9-15-33(47-42)35-25-28(37-27-44-23-24-45-37)26-36(46-35)34-16-10-22-43(48-34)50-40-19-7-3-13-31(40)32-14-4-8-20-41(32)50/h1-27H. The Morgan fingerprint density at radius 3 is 1.22 bits per heavy atom. The van der Waals surface area contributed by atoms with Gasteiger partial charge < -0.3 is 0 Å². The Balaban J connectivity index is 1.15. The third-order valence-corrected chi connectivity index (χ3v) is 9.30. The maximum atomic E-state index is 5.22. The molecule has 0 aliphatic heterocycles. The molecule has 0 bridgehead atoms. The fourth-order valence-electron chi connectivity index (χ4n) is 7.11. The Morgan fingerprint density at radius 2 is 0.800 bits per heavy atom. The van der Waals surface area contributed by atoms with E-state index in [-0.39, 0.29) is 0 Å². The van der Waals surface area contributed by atoms with E-state index < -0.39 is 0 Å². The fraction of sp³-hybridized carbons (Fsp3) is 0. The topological polar surface area (TPSA) is 74.3 Å². The average Bonchev–Trinajstić information content (AvgIpc) is 3.71. The highest BCUT2D eigenvalue weighted by molar-refractivity contribution is 6.10. The van der Waals surface area contributed by atoms with Crippen LogP contribution in [0, 0.1) is 0 Å². The van der Waals surface area contributed by atoms with Gasteiger partial charge in [0.05, 0.1) is 56.7 Å². The van der Waals surface area contributed by atoms with Gasteiger partial charge in [0, 0.05) is 39.5 Å². The molecule has 0 unspecified atom stereocenters. The van der Waals surface area contributed by atoms with Gasteiger partial charge in [0.15, 0.2) is 0 Å². The third-order valence-electron chi connectivity index (χ3n) is 9.30. The van der Waals surface area contributed by atoms with Gasteiger partial charge >= 0.3 is 0 Å². The lowest BCUT2D eigenvalue weighted by Crippen LogP contribution is -2.01. The molecule has 7 nitrogen and oxygen atoms in total. The Labute approximate surface area is 286 Å². The summed E-state index contributed by atoms with van der Waals surface area (Å²) < 4.78 is 4.44. The summed E-state index contributed by atoms with van der Waals surface area (Å²) in [5, 5.41) is 4.76. The SMILES string of the molecule is c1cc(-c2cc(-c3cnccn3)cc(-c3cccc(-n4c5ccccc5c5ccccc54)n3)n2)nc(-n2c3ccccc3c3ccccc32)c1. The van der Waals surface area contributed by atoms with E-state index in [0.717, 1.165) is 67.7 Å². The van der Waals surface area contributed by atoms with E-state index in [1.54, 1.807) is 18.6 Å². The molecule has 50 heavy (non-hydrogen) atoms. The summed E-state index contributed by atoms with van der Waals surface area (Å²) in [4.78, 5) is 24.6. The molecule has 0 atom stereocenters. The van der Waals surface area contributed by atoms with Crippen LogP contribution >= 0.6 is 0 Å². The van der Waals surface area contributed by atoms with Crippen LogP contribution in [0.5, 0.6) is 0 Å². The summed E-state index contributed by atoms with van der Waals surface area (Å²) in [5.41, 5.74) is 8.96. The molecule has 0 fully saturated rings. The van der Waals surface area contributed by atoms with Crippen molar-refractivity contribution in [2.75, 3.05) is 0 Å². The minimum absolute atomic E-state index is 0.717. The van der Waals surface area contributed by atoms with Crippen molar-refractivity contribution in [1.82, 2.24) is 34.1 Å². The lowest BCUT2D eigenvalue weighted by molar-refractivity contribution is 1.07. The normalized spacial score (nSPS) is 11.6. The maximum Gasteiger partial charge on any atom is 0.138 e. The van der Waals surface area contributed by atoms with Crippen LogP contribution in [0.3, 0.4) is 0 Å². The van der Waals surface area contributed by atoms with Crippen LogP contribution in [0.1, 0.15) is 0 Å². The molecule has 6 aromatic heterocycles. The third kappa shape index (κ3) is 4.48. The van der Waals surface area contributed by atoms with Gasteiger partial charge in [0.1, 0.15) is 11.6 Å². The number of hydrogen-bond donors (Lipinski definition) is 0. The molecular weight excluding hydrogens is 615 g/mol. The highest BCUT2D eigenvalue weighted by Crippen LogP contribution is 2.35. The highest BCUT2D eigenvalue weighted by atomic mass is 15.1. The van der Waals surface area contributed by atoms with Gasteiger partial charge in [0.2, 0.25) is 0 Å². The summed E-state index contributed by atoms with van der Waals surface area (Å²) in [6.07, 6.45) is 5.16. The first-order chi connectivity index (χ1) is 24.8. The molecule has 7 heteroatoms. The molecule has 10 rings (SSSR count).